The Morgan fingerprint density at radius 2 is 1.82 bits per heavy atom. The predicted molar refractivity (Wildman–Crippen MR) is 146 cm³/mol. The first-order valence-corrected chi connectivity index (χ1v) is 14.3. The van der Waals surface area contributed by atoms with Crippen LogP contribution in [0.15, 0.2) is 71.6 Å². The molecule has 1 heterocycles. The third kappa shape index (κ3) is 6.36. The zero-order valence-electron chi connectivity index (χ0n) is 22.5. The highest BCUT2D eigenvalue weighted by atomic mass is 28.4. The lowest BCUT2D eigenvalue weighted by atomic mass is 9.83. The average Bonchev–Trinajstić information content (AvgIpc) is 3.13. The van der Waals surface area contributed by atoms with Crippen LogP contribution in [0.1, 0.15) is 32.3 Å². The van der Waals surface area contributed by atoms with Crippen LogP contribution in [0.3, 0.4) is 0 Å². The summed E-state index contributed by atoms with van der Waals surface area (Å²) in [5.41, 5.74) is 2.68. The van der Waals surface area contributed by atoms with Crippen molar-refractivity contribution in [3.8, 4) is 0 Å². The average molecular weight is 542 g/mol. The number of hydrogen-bond acceptors (Lipinski definition) is 8. The quantitative estimate of drug-likeness (QED) is 0.140. The molecule has 0 saturated carbocycles. The van der Waals surface area contributed by atoms with Crippen molar-refractivity contribution in [2.75, 3.05) is 39.3 Å². The number of benzene rings is 1. The molecule has 1 aliphatic heterocycles. The highest BCUT2D eigenvalue weighted by molar-refractivity contribution is 6.60. The number of fused-ring (bicyclic) bond motifs is 1. The Balaban J connectivity index is 1.74. The van der Waals surface area contributed by atoms with E-state index in [-0.39, 0.29) is 29.4 Å². The molecule has 1 aromatic rings. The molecule has 1 aromatic carbocycles. The summed E-state index contributed by atoms with van der Waals surface area (Å²) in [5, 5.41) is 14.1. The van der Waals surface area contributed by atoms with Gasteiger partial charge in [0.15, 0.2) is 5.78 Å². The number of hydrogen-bond donors (Lipinski definition) is 1. The fraction of sp³-hybridized carbons (Fsp3) is 0.407. The molecule has 0 spiro atoms. The summed E-state index contributed by atoms with van der Waals surface area (Å²) in [6.45, 7) is 5.06. The minimum atomic E-state index is -2.68. The molecule has 38 heavy (non-hydrogen) atoms. The molecule has 0 aromatic heterocycles. The Morgan fingerprint density at radius 1 is 1.13 bits per heavy atom. The lowest BCUT2D eigenvalue weighted by Gasteiger charge is -2.27. The van der Waals surface area contributed by atoms with Crippen molar-refractivity contribution >= 4 is 26.2 Å². The molecular weight excluding hydrogens is 506 g/mol. The first-order valence-electron chi connectivity index (χ1n) is 12.4. The van der Waals surface area contributed by atoms with Crippen LogP contribution >= 0.6 is 0 Å². The summed E-state index contributed by atoms with van der Waals surface area (Å²) in [6.07, 6.45) is 8.04. The lowest BCUT2D eigenvalue weighted by molar-refractivity contribution is -0.419. The van der Waals surface area contributed by atoms with E-state index in [0.29, 0.717) is 25.6 Å². The van der Waals surface area contributed by atoms with Gasteiger partial charge in [0.05, 0.1) is 4.92 Å². The number of nitrogens with one attached hydrogen (secondary N) is 1. The summed E-state index contributed by atoms with van der Waals surface area (Å²) in [7, 11) is 2.01. The lowest BCUT2D eigenvalue weighted by Crippen LogP contribution is -2.43. The van der Waals surface area contributed by atoms with Gasteiger partial charge in [-0.05, 0) is 36.3 Å². The van der Waals surface area contributed by atoms with Gasteiger partial charge in [-0.1, -0.05) is 32.0 Å². The third-order valence-corrected chi connectivity index (χ3v) is 9.73. The van der Waals surface area contributed by atoms with Gasteiger partial charge in [0.25, 0.3) is 5.70 Å². The minimum absolute atomic E-state index is 0.0874. The van der Waals surface area contributed by atoms with Gasteiger partial charge in [-0.2, -0.15) is 0 Å². The van der Waals surface area contributed by atoms with Gasteiger partial charge in [-0.15, -0.1) is 0 Å². The van der Waals surface area contributed by atoms with E-state index in [1.54, 1.807) is 27.4 Å². The van der Waals surface area contributed by atoms with Gasteiger partial charge < -0.3 is 23.5 Å². The van der Waals surface area contributed by atoms with Gasteiger partial charge >= 0.3 is 8.80 Å². The second-order valence-electron chi connectivity index (χ2n) is 9.49. The van der Waals surface area contributed by atoms with Gasteiger partial charge in [0.2, 0.25) is 5.91 Å². The molecule has 0 fully saturated rings. The molecule has 1 amide bonds. The van der Waals surface area contributed by atoms with E-state index >= 15 is 0 Å². The topological polar surface area (TPSA) is 120 Å². The molecule has 1 aliphatic carbocycles. The van der Waals surface area contributed by atoms with Crippen LogP contribution in [-0.2, 0) is 28.3 Å². The molecule has 0 saturated heterocycles. The number of carbonyl (C=O) groups is 2. The summed E-state index contributed by atoms with van der Waals surface area (Å²) in [5.74, 6) is -0.384. The number of allylic oxidation sites excluding steroid dienone is 7. The van der Waals surface area contributed by atoms with Crippen LogP contribution in [0.25, 0.3) is 0 Å². The van der Waals surface area contributed by atoms with Crippen LogP contribution in [0.2, 0.25) is 6.04 Å². The Labute approximate surface area is 224 Å². The van der Waals surface area contributed by atoms with Crippen LogP contribution in [-0.4, -0.2) is 59.8 Å². The van der Waals surface area contributed by atoms with E-state index in [4.69, 9.17) is 13.3 Å². The minimum Gasteiger partial charge on any atom is -0.377 e. The van der Waals surface area contributed by atoms with Crippen LogP contribution in [0, 0.1) is 10.1 Å². The van der Waals surface area contributed by atoms with Gasteiger partial charge in [-0.25, -0.2) is 0 Å². The largest absolute Gasteiger partial charge is 0.500 e. The SMILES string of the molecule is CO[Si](CCCNC(=O)CCN1C(=CC=C2C=C([N+](=O)[O-])C=CC2=O)C(C)(C)c2ccccc21)(OC)OC. The monoisotopic (exact) mass is 541 g/mol. The van der Waals surface area contributed by atoms with E-state index in [1.807, 2.05) is 30.3 Å². The molecule has 204 valence electrons. The van der Waals surface area contributed by atoms with E-state index in [0.717, 1.165) is 16.9 Å². The predicted octanol–water partition coefficient (Wildman–Crippen LogP) is 3.67. The van der Waals surface area contributed by atoms with E-state index in [1.165, 1.54) is 18.2 Å². The standard InChI is InChI=1S/C27H35N3O7Si/c1-27(2)22-9-6-7-10-23(22)29(17-15-26(32)28-16-8-18-38(35-3,36-4)37-5)25(27)14-11-20-19-21(30(33)34)12-13-24(20)31/h6-7,9-14,19H,8,15-18H2,1-5H3,(H,28,32). The normalized spacial score (nSPS) is 18.6. The smallest absolute Gasteiger partial charge is 0.377 e. The highest BCUT2D eigenvalue weighted by Gasteiger charge is 2.40. The molecule has 0 bridgehead atoms. The molecule has 3 rings (SSSR count). The number of ketones is 1. The second kappa shape index (κ2) is 12.4. The van der Waals surface area contributed by atoms with Crippen molar-refractivity contribution in [2.45, 2.75) is 38.1 Å². The maximum Gasteiger partial charge on any atom is 0.500 e. The van der Waals surface area contributed by atoms with Gasteiger partial charge in [-0.3, -0.25) is 19.7 Å². The first-order chi connectivity index (χ1) is 18.1. The Bertz CT molecular complexity index is 1190. The Kier molecular flexibility index (Phi) is 9.55. The molecule has 1 N–H and O–H groups in total. The maximum absolute atomic E-state index is 12.7. The summed E-state index contributed by atoms with van der Waals surface area (Å²) in [6, 6.07) is 8.56. The number of rotatable bonds is 12. The van der Waals surface area contributed by atoms with Crippen LogP contribution in [0.4, 0.5) is 5.69 Å². The molecule has 0 atom stereocenters. The van der Waals surface area contributed by atoms with Gasteiger partial charge in [0.1, 0.15) is 0 Å². The van der Waals surface area contributed by atoms with Crippen LogP contribution < -0.4 is 10.2 Å². The number of carbonyl (C=O) groups excluding carboxylic acids is 2. The highest BCUT2D eigenvalue weighted by Crippen LogP contribution is 2.47. The molecule has 0 unspecified atom stereocenters. The molecule has 10 nitrogen and oxygen atoms in total. The van der Waals surface area contributed by atoms with E-state index < -0.39 is 19.1 Å². The van der Waals surface area contributed by atoms with E-state index in [9.17, 15) is 19.7 Å². The number of para-hydroxylation sites is 1. The molecule has 11 heteroatoms. The molecular formula is C27H35N3O7Si. The summed E-state index contributed by atoms with van der Waals surface area (Å²) < 4.78 is 16.2. The first kappa shape index (κ1) is 29.2. The molecule has 2 aliphatic rings. The van der Waals surface area contributed by atoms with Crippen molar-refractivity contribution in [3.63, 3.8) is 0 Å². The van der Waals surface area contributed by atoms with E-state index in [2.05, 4.69) is 24.1 Å². The van der Waals surface area contributed by atoms with Gasteiger partial charge in [0, 0.05) is 81.4 Å². The summed E-state index contributed by atoms with van der Waals surface area (Å²) >= 11 is 0. The Hall–Kier alpha value is -3.38. The van der Waals surface area contributed by atoms with Crippen molar-refractivity contribution < 1.29 is 27.8 Å². The maximum atomic E-state index is 12.7. The number of nitro groups is 1. The Morgan fingerprint density at radius 3 is 2.47 bits per heavy atom. The van der Waals surface area contributed by atoms with Crippen molar-refractivity contribution in [2.24, 2.45) is 0 Å². The number of nitrogens with zero attached hydrogens (tertiary/aromatic N) is 2. The number of anilines is 1. The molecule has 0 radical (unpaired) electrons. The second-order valence-corrected chi connectivity index (χ2v) is 12.6. The van der Waals surface area contributed by atoms with Crippen LogP contribution in [0.5, 0.6) is 0 Å². The summed E-state index contributed by atoms with van der Waals surface area (Å²) in [4.78, 5) is 37.8. The van der Waals surface area contributed by atoms with Crippen molar-refractivity contribution in [1.29, 1.82) is 0 Å². The fourth-order valence-electron chi connectivity index (χ4n) is 4.72. The zero-order valence-corrected chi connectivity index (χ0v) is 23.5. The zero-order chi connectivity index (χ0) is 27.9. The van der Waals surface area contributed by atoms with Crippen molar-refractivity contribution in [3.05, 3.63) is 87.3 Å². The fourth-order valence-corrected chi connectivity index (χ4v) is 6.44. The number of amides is 1. The third-order valence-electron chi connectivity index (χ3n) is 6.90. The van der Waals surface area contributed by atoms with Crippen molar-refractivity contribution in [1.82, 2.24) is 5.32 Å².